The molecule has 3 rings (SSSR count). The summed E-state index contributed by atoms with van der Waals surface area (Å²) in [5.41, 5.74) is 0.923. The first-order valence-electron chi connectivity index (χ1n) is 9.17. The van der Waals surface area contributed by atoms with E-state index in [1.165, 1.54) is 6.07 Å². The lowest BCUT2D eigenvalue weighted by molar-refractivity contribution is -0.125. The van der Waals surface area contributed by atoms with Crippen LogP contribution >= 0.6 is 0 Å². The molecule has 2 N–H and O–H groups in total. The number of halogens is 2. The Kier molecular flexibility index (Phi) is 6.23. The van der Waals surface area contributed by atoms with Gasteiger partial charge in [-0.25, -0.2) is 8.78 Å². The topological polar surface area (TPSA) is 67.4 Å². The summed E-state index contributed by atoms with van der Waals surface area (Å²) >= 11 is 0. The number of benzene rings is 2. The number of rotatable bonds is 5. The summed E-state index contributed by atoms with van der Waals surface area (Å²) in [4.78, 5) is 24.8. The summed E-state index contributed by atoms with van der Waals surface area (Å²) in [5.74, 6) is -1.96. The third kappa shape index (κ3) is 4.85. The predicted molar refractivity (Wildman–Crippen MR) is 102 cm³/mol. The fourth-order valence-electron chi connectivity index (χ4n) is 3.35. The molecular formula is C21H22F2N2O3. The molecule has 0 aromatic heterocycles. The van der Waals surface area contributed by atoms with Crippen LogP contribution in [0.2, 0.25) is 0 Å². The summed E-state index contributed by atoms with van der Waals surface area (Å²) < 4.78 is 31.3. The molecule has 1 saturated carbocycles. The number of amides is 2. The van der Waals surface area contributed by atoms with Gasteiger partial charge in [0.1, 0.15) is 5.75 Å². The number of hydrogen-bond donors (Lipinski definition) is 2. The number of nitrogens with one attached hydrogen (secondary N) is 2. The number of methoxy groups -OCH3 is 1. The molecular weight excluding hydrogens is 366 g/mol. The zero-order valence-corrected chi connectivity index (χ0v) is 15.5. The summed E-state index contributed by atoms with van der Waals surface area (Å²) in [6, 6.07) is 10.4. The van der Waals surface area contributed by atoms with Gasteiger partial charge in [-0.05, 0) is 62.1 Å². The molecule has 2 aromatic carbocycles. The Hall–Kier alpha value is -2.96. The lowest BCUT2D eigenvalue weighted by atomic mass is 9.81. The van der Waals surface area contributed by atoms with Gasteiger partial charge in [-0.2, -0.15) is 0 Å². The smallest absolute Gasteiger partial charge is 0.227 e. The van der Waals surface area contributed by atoms with Gasteiger partial charge < -0.3 is 15.4 Å². The quantitative estimate of drug-likeness (QED) is 0.800. The van der Waals surface area contributed by atoms with Crippen molar-refractivity contribution >= 4 is 23.2 Å². The van der Waals surface area contributed by atoms with Crippen molar-refractivity contribution in [3.63, 3.8) is 0 Å². The molecule has 0 spiro atoms. The van der Waals surface area contributed by atoms with Crippen molar-refractivity contribution in [3.8, 4) is 5.75 Å². The highest BCUT2D eigenvalue weighted by Crippen LogP contribution is 2.31. The average Bonchev–Trinajstić information content (AvgIpc) is 2.71. The van der Waals surface area contributed by atoms with Crippen LogP contribution in [0.5, 0.6) is 5.75 Å². The Morgan fingerprint density at radius 3 is 1.82 bits per heavy atom. The lowest BCUT2D eigenvalue weighted by Crippen LogP contribution is -2.32. The molecule has 1 aliphatic rings. The molecule has 0 aliphatic heterocycles. The van der Waals surface area contributed by atoms with Crippen LogP contribution in [0.25, 0.3) is 0 Å². The van der Waals surface area contributed by atoms with Gasteiger partial charge in [0.05, 0.1) is 7.11 Å². The van der Waals surface area contributed by atoms with Crippen molar-refractivity contribution in [2.24, 2.45) is 11.8 Å². The van der Waals surface area contributed by atoms with Crippen molar-refractivity contribution < 1.29 is 23.1 Å². The van der Waals surface area contributed by atoms with Crippen LogP contribution in [0.4, 0.5) is 20.2 Å². The first-order chi connectivity index (χ1) is 13.5. The first-order valence-corrected chi connectivity index (χ1v) is 9.17. The Morgan fingerprint density at radius 1 is 0.821 bits per heavy atom. The van der Waals surface area contributed by atoms with Gasteiger partial charge in [-0.15, -0.1) is 0 Å². The largest absolute Gasteiger partial charge is 0.497 e. The van der Waals surface area contributed by atoms with E-state index in [4.69, 9.17) is 4.74 Å². The third-order valence-electron chi connectivity index (χ3n) is 5.01. The zero-order chi connectivity index (χ0) is 20.1. The second-order valence-electron chi connectivity index (χ2n) is 6.88. The SMILES string of the molecule is COc1ccc(NC(=O)C2CCC(C(=O)Nc3ccc(F)c(F)c3)CC2)cc1. The highest BCUT2D eigenvalue weighted by molar-refractivity contribution is 5.94. The van der Waals surface area contributed by atoms with E-state index >= 15 is 0 Å². The van der Waals surface area contributed by atoms with Crippen LogP contribution in [0.1, 0.15) is 25.7 Å². The maximum atomic E-state index is 13.3. The molecule has 28 heavy (non-hydrogen) atoms. The van der Waals surface area contributed by atoms with Gasteiger partial charge in [0, 0.05) is 29.3 Å². The standard InChI is InChI=1S/C21H22F2N2O3/c1-28-17-9-6-15(7-10-17)24-20(26)13-2-4-14(5-3-13)21(27)25-16-8-11-18(22)19(23)12-16/h6-14H,2-5H2,1H3,(H,24,26)(H,25,27). The minimum atomic E-state index is -1.00. The molecule has 0 atom stereocenters. The Balaban J connectivity index is 1.49. The molecule has 1 fully saturated rings. The van der Waals surface area contributed by atoms with Crippen molar-refractivity contribution in [1.82, 2.24) is 0 Å². The van der Waals surface area contributed by atoms with E-state index in [2.05, 4.69) is 10.6 Å². The van der Waals surface area contributed by atoms with E-state index in [1.807, 2.05) is 0 Å². The van der Waals surface area contributed by atoms with Crippen LogP contribution in [-0.2, 0) is 9.59 Å². The number of anilines is 2. The van der Waals surface area contributed by atoms with Gasteiger partial charge in [0.15, 0.2) is 11.6 Å². The van der Waals surface area contributed by atoms with E-state index in [0.29, 0.717) is 37.1 Å². The van der Waals surface area contributed by atoms with Gasteiger partial charge in [0.25, 0.3) is 0 Å². The molecule has 2 amide bonds. The van der Waals surface area contributed by atoms with Crippen molar-refractivity contribution in [2.75, 3.05) is 17.7 Å². The normalized spacial score (nSPS) is 19.0. The third-order valence-corrected chi connectivity index (χ3v) is 5.01. The number of ether oxygens (including phenoxy) is 1. The highest BCUT2D eigenvalue weighted by Gasteiger charge is 2.30. The van der Waals surface area contributed by atoms with E-state index in [0.717, 1.165) is 12.1 Å². The molecule has 0 saturated heterocycles. The summed E-state index contributed by atoms with van der Waals surface area (Å²) in [6.07, 6.45) is 2.32. The van der Waals surface area contributed by atoms with Crippen LogP contribution in [0, 0.1) is 23.5 Å². The molecule has 5 nitrogen and oxygen atoms in total. The number of carbonyl (C=O) groups excluding carboxylic acids is 2. The van der Waals surface area contributed by atoms with Crippen LogP contribution < -0.4 is 15.4 Å². The van der Waals surface area contributed by atoms with Gasteiger partial charge >= 0.3 is 0 Å². The second kappa shape index (κ2) is 8.82. The van der Waals surface area contributed by atoms with Crippen molar-refractivity contribution in [1.29, 1.82) is 0 Å². The first kappa shape index (κ1) is 19.8. The molecule has 0 heterocycles. The van der Waals surface area contributed by atoms with E-state index in [9.17, 15) is 18.4 Å². The Bertz CT molecular complexity index is 847. The zero-order valence-electron chi connectivity index (χ0n) is 15.5. The summed E-state index contributed by atoms with van der Waals surface area (Å²) in [7, 11) is 1.58. The number of carbonyl (C=O) groups is 2. The molecule has 0 radical (unpaired) electrons. The molecule has 7 heteroatoms. The van der Waals surface area contributed by atoms with E-state index in [-0.39, 0.29) is 29.3 Å². The van der Waals surface area contributed by atoms with E-state index in [1.54, 1.807) is 31.4 Å². The Labute approximate surface area is 162 Å². The minimum Gasteiger partial charge on any atom is -0.497 e. The number of hydrogen-bond acceptors (Lipinski definition) is 3. The summed E-state index contributed by atoms with van der Waals surface area (Å²) in [5, 5.41) is 5.50. The van der Waals surface area contributed by atoms with Crippen LogP contribution in [0.3, 0.4) is 0 Å². The lowest BCUT2D eigenvalue weighted by Gasteiger charge is -2.27. The molecule has 1 aliphatic carbocycles. The van der Waals surface area contributed by atoms with E-state index < -0.39 is 11.6 Å². The maximum Gasteiger partial charge on any atom is 0.227 e. The molecule has 2 aromatic rings. The van der Waals surface area contributed by atoms with Crippen LogP contribution in [0.15, 0.2) is 42.5 Å². The second-order valence-corrected chi connectivity index (χ2v) is 6.88. The highest BCUT2D eigenvalue weighted by atomic mass is 19.2. The van der Waals surface area contributed by atoms with Crippen LogP contribution in [-0.4, -0.2) is 18.9 Å². The molecule has 0 unspecified atom stereocenters. The molecule has 148 valence electrons. The van der Waals surface area contributed by atoms with Gasteiger partial charge in [-0.3, -0.25) is 9.59 Å². The fraction of sp³-hybridized carbons (Fsp3) is 0.333. The maximum absolute atomic E-state index is 13.3. The van der Waals surface area contributed by atoms with Crippen molar-refractivity contribution in [2.45, 2.75) is 25.7 Å². The monoisotopic (exact) mass is 388 g/mol. The fourth-order valence-corrected chi connectivity index (χ4v) is 3.35. The summed E-state index contributed by atoms with van der Waals surface area (Å²) in [6.45, 7) is 0. The minimum absolute atomic E-state index is 0.0652. The molecule has 0 bridgehead atoms. The van der Waals surface area contributed by atoms with Gasteiger partial charge in [0.2, 0.25) is 11.8 Å². The average molecular weight is 388 g/mol. The van der Waals surface area contributed by atoms with Crippen molar-refractivity contribution in [3.05, 3.63) is 54.1 Å². The van der Waals surface area contributed by atoms with Gasteiger partial charge in [-0.1, -0.05) is 0 Å². The predicted octanol–water partition coefficient (Wildman–Crippen LogP) is 4.36. The Morgan fingerprint density at radius 2 is 1.32 bits per heavy atom.